The second-order valence-corrected chi connectivity index (χ2v) is 6.27. The van der Waals surface area contributed by atoms with Gasteiger partial charge < -0.3 is 15.0 Å². The number of halogens is 2. The molecule has 0 aliphatic heterocycles. The third-order valence-electron chi connectivity index (χ3n) is 3.32. The zero-order valence-corrected chi connectivity index (χ0v) is 15.2. The van der Waals surface area contributed by atoms with Crippen molar-refractivity contribution < 1.29 is 23.1 Å². The van der Waals surface area contributed by atoms with Crippen molar-refractivity contribution in [2.75, 3.05) is 18.5 Å². The molecule has 2 amide bonds. The van der Waals surface area contributed by atoms with Gasteiger partial charge in [0.1, 0.15) is 16.6 Å². The van der Waals surface area contributed by atoms with Crippen molar-refractivity contribution in [3.63, 3.8) is 0 Å². The first-order chi connectivity index (χ1) is 12.4. The summed E-state index contributed by atoms with van der Waals surface area (Å²) in [4.78, 5) is 29.7. The van der Waals surface area contributed by atoms with E-state index in [1.54, 1.807) is 12.3 Å². The van der Waals surface area contributed by atoms with Gasteiger partial charge in [0.2, 0.25) is 0 Å². The predicted octanol–water partition coefficient (Wildman–Crippen LogP) is 4.04. The maximum atomic E-state index is 13.7. The van der Waals surface area contributed by atoms with E-state index in [1.807, 2.05) is 6.92 Å². The molecule has 0 aliphatic rings. The number of esters is 1. The number of carbonyl (C=O) groups is 2. The van der Waals surface area contributed by atoms with E-state index >= 15 is 0 Å². The average molecular weight is 383 g/mol. The van der Waals surface area contributed by atoms with Crippen molar-refractivity contribution in [1.82, 2.24) is 9.88 Å². The molecule has 0 bridgehead atoms. The van der Waals surface area contributed by atoms with Gasteiger partial charge in [-0.3, -0.25) is 0 Å². The maximum absolute atomic E-state index is 13.7. The molecule has 6 nitrogen and oxygen atoms in total. The highest BCUT2D eigenvalue weighted by Gasteiger charge is 2.18. The fourth-order valence-electron chi connectivity index (χ4n) is 2.15. The summed E-state index contributed by atoms with van der Waals surface area (Å²) in [5.74, 6) is -2.09. The molecule has 0 unspecified atom stereocenters. The minimum absolute atomic E-state index is 0.108. The van der Waals surface area contributed by atoms with Crippen LogP contribution in [-0.4, -0.2) is 35.0 Å². The lowest BCUT2D eigenvalue weighted by Crippen LogP contribution is -2.35. The van der Waals surface area contributed by atoms with Crippen LogP contribution < -0.4 is 5.32 Å². The average Bonchev–Trinajstić information content (AvgIpc) is 3.06. The molecule has 2 aromatic rings. The standard InChI is InChI=1S/C17H19F2N3O3S/c1-3-7-22(9-15-20-14(10-26-15)16(23)25-4-2)17(24)21-13-6-5-11(18)8-12(13)19/h5-6,8,10H,3-4,7,9H2,1-2H3,(H,21,24). The minimum Gasteiger partial charge on any atom is -0.461 e. The molecule has 1 aromatic heterocycles. The summed E-state index contributed by atoms with van der Waals surface area (Å²) in [5, 5.41) is 4.54. The van der Waals surface area contributed by atoms with Gasteiger partial charge in [-0.2, -0.15) is 0 Å². The van der Waals surface area contributed by atoms with Crippen molar-refractivity contribution in [2.24, 2.45) is 0 Å². The Bertz CT molecular complexity index is 782. The third-order valence-corrected chi connectivity index (χ3v) is 4.15. The lowest BCUT2D eigenvalue weighted by Gasteiger charge is -2.21. The van der Waals surface area contributed by atoms with Crippen LogP contribution in [0.1, 0.15) is 35.8 Å². The van der Waals surface area contributed by atoms with Gasteiger partial charge in [0.25, 0.3) is 0 Å². The summed E-state index contributed by atoms with van der Waals surface area (Å²) < 4.78 is 31.6. The number of thiazole rings is 1. The van der Waals surface area contributed by atoms with Crippen LogP contribution in [0.3, 0.4) is 0 Å². The minimum atomic E-state index is -0.853. The highest BCUT2D eigenvalue weighted by molar-refractivity contribution is 7.09. The highest BCUT2D eigenvalue weighted by atomic mass is 32.1. The van der Waals surface area contributed by atoms with E-state index in [1.165, 1.54) is 16.2 Å². The van der Waals surface area contributed by atoms with Gasteiger partial charge in [0, 0.05) is 18.0 Å². The quantitative estimate of drug-likeness (QED) is 0.733. The molecule has 2 rings (SSSR count). The van der Waals surface area contributed by atoms with Gasteiger partial charge in [-0.15, -0.1) is 11.3 Å². The van der Waals surface area contributed by atoms with E-state index < -0.39 is 23.6 Å². The molecule has 26 heavy (non-hydrogen) atoms. The third kappa shape index (κ3) is 5.22. The molecular weight excluding hydrogens is 364 g/mol. The summed E-state index contributed by atoms with van der Waals surface area (Å²) in [7, 11) is 0. The highest BCUT2D eigenvalue weighted by Crippen LogP contribution is 2.18. The van der Waals surface area contributed by atoms with Crippen LogP contribution in [0.25, 0.3) is 0 Å². The molecule has 9 heteroatoms. The summed E-state index contributed by atoms with van der Waals surface area (Å²) in [6.45, 7) is 4.41. The first-order valence-electron chi connectivity index (χ1n) is 8.07. The molecule has 1 heterocycles. The van der Waals surface area contributed by atoms with Gasteiger partial charge in [-0.1, -0.05) is 6.92 Å². The zero-order chi connectivity index (χ0) is 19.1. The van der Waals surface area contributed by atoms with Gasteiger partial charge >= 0.3 is 12.0 Å². The number of nitrogens with one attached hydrogen (secondary N) is 1. The van der Waals surface area contributed by atoms with Gasteiger partial charge in [-0.25, -0.2) is 23.4 Å². The van der Waals surface area contributed by atoms with Crippen molar-refractivity contribution >= 4 is 29.0 Å². The lowest BCUT2D eigenvalue weighted by atomic mass is 10.3. The van der Waals surface area contributed by atoms with Crippen molar-refractivity contribution in [2.45, 2.75) is 26.8 Å². The number of urea groups is 1. The number of amides is 2. The van der Waals surface area contributed by atoms with Gasteiger partial charge in [0.15, 0.2) is 5.69 Å². The molecule has 0 saturated carbocycles. The monoisotopic (exact) mass is 383 g/mol. The van der Waals surface area contributed by atoms with Crippen LogP contribution in [-0.2, 0) is 11.3 Å². The number of aromatic nitrogens is 1. The fourth-order valence-corrected chi connectivity index (χ4v) is 2.93. The van der Waals surface area contributed by atoms with E-state index in [0.717, 1.165) is 12.1 Å². The molecular formula is C17H19F2N3O3S. The Morgan fingerprint density at radius 1 is 1.31 bits per heavy atom. The summed E-state index contributed by atoms with van der Waals surface area (Å²) in [5.41, 5.74) is 0.0807. The second kappa shape index (κ2) is 9.23. The number of rotatable bonds is 7. The second-order valence-electron chi connectivity index (χ2n) is 5.32. The van der Waals surface area contributed by atoms with Crippen molar-refractivity contribution in [1.29, 1.82) is 0 Å². The van der Waals surface area contributed by atoms with E-state index in [2.05, 4.69) is 10.3 Å². The lowest BCUT2D eigenvalue weighted by molar-refractivity contribution is 0.0520. The smallest absolute Gasteiger partial charge is 0.357 e. The van der Waals surface area contributed by atoms with Crippen LogP contribution in [0.15, 0.2) is 23.6 Å². The molecule has 0 radical (unpaired) electrons. The Hall–Kier alpha value is -2.55. The number of hydrogen-bond acceptors (Lipinski definition) is 5. The Balaban J connectivity index is 2.07. The Morgan fingerprint density at radius 2 is 2.08 bits per heavy atom. The Kier molecular flexibility index (Phi) is 7.02. The topological polar surface area (TPSA) is 71.5 Å². The fraction of sp³-hybridized carbons (Fsp3) is 0.353. The number of hydrogen-bond donors (Lipinski definition) is 1. The van der Waals surface area contributed by atoms with Crippen LogP contribution in [0.4, 0.5) is 19.3 Å². The summed E-state index contributed by atoms with van der Waals surface area (Å²) in [6, 6.07) is 2.39. The van der Waals surface area contributed by atoms with E-state index in [4.69, 9.17) is 4.74 Å². The van der Waals surface area contributed by atoms with Crippen LogP contribution in [0.2, 0.25) is 0 Å². The Morgan fingerprint density at radius 3 is 2.73 bits per heavy atom. The molecule has 0 fully saturated rings. The van der Waals surface area contributed by atoms with Crippen LogP contribution in [0, 0.1) is 11.6 Å². The van der Waals surface area contributed by atoms with Gasteiger partial charge in [0.05, 0.1) is 18.8 Å². The van der Waals surface area contributed by atoms with Crippen LogP contribution >= 0.6 is 11.3 Å². The molecule has 0 atom stereocenters. The molecule has 0 spiro atoms. The Labute approximate surface area is 153 Å². The number of anilines is 1. The van der Waals surface area contributed by atoms with Crippen molar-refractivity contribution in [3.05, 3.63) is 45.9 Å². The number of ether oxygens (including phenoxy) is 1. The normalized spacial score (nSPS) is 10.5. The first kappa shape index (κ1) is 19.8. The molecule has 0 aliphatic carbocycles. The first-order valence-corrected chi connectivity index (χ1v) is 8.95. The summed E-state index contributed by atoms with van der Waals surface area (Å²) >= 11 is 1.23. The zero-order valence-electron chi connectivity index (χ0n) is 14.4. The maximum Gasteiger partial charge on any atom is 0.357 e. The number of nitrogens with zero attached hydrogens (tertiary/aromatic N) is 2. The molecule has 1 aromatic carbocycles. The van der Waals surface area contributed by atoms with E-state index in [9.17, 15) is 18.4 Å². The predicted molar refractivity (Wildman–Crippen MR) is 94.1 cm³/mol. The number of benzene rings is 1. The largest absolute Gasteiger partial charge is 0.461 e. The van der Waals surface area contributed by atoms with E-state index in [0.29, 0.717) is 24.0 Å². The molecule has 140 valence electrons. The molecule has 1 N–H and O–H groups in total. The summed E-state index contributed by atoms with van der Waals surface area (Å²) in [6.07, 6.45) is 0.676. The van der Waals surface area contributed by atoms with Crippen LogP contribution in [0.5, 0.6) is 0 Å². The van der Waals surface area contributed by atoms with Crippen molar-refractivity contribution in [3.8, 4) is 0 Å². The molecule has 0 saturated heterocycles. The van der Waals surface area contributed by atoms with E-state index in [-0.39, 0.29) is 24.5 Å². The van der Waals surface area contributed by atoms with Gasteiger partial charge in [-0.05, 0) is 25.5 Å². The SMILES string of the molecule is CCCN(Cc1nc(C(=O)OCC)cs1)C(=O)Nc1ccc(F)cc1F. The number of carbonyl (C=O) groups excluding carboxylic acids is 2.